The number of anilines is 1. The predicted octanol–water partition coefficient (Wildman–Crippen LogP) is 4.06. The summed E-state index contributed by atoms with van der Waals surface area (Å²) in [6, 6.07) is 2.02. The summed E-state index contributed by atoms with van der Waals surface area (Å²) in [6.45, 7) is 10.9. The van der Waals surface area contributed by atoms with Crippen molar-refractivity contribution in [3.8, 4) is 0 Å². The van der Waals surface area contributed by atoms with Crippen molar-refractivity contribution >= 4 is 21.7 Å². The van der Waals surface area contributed by atoms with Gasteiger partial charge in [0.15, 0.2) is 0 Å². The Morgan fingerprint density at radius 2 is 2.00 bits per heavy atom. The van der Waals surface area contributed by atoms with Gasteiger partial charge in [-0.1, -0.05) is 27.2 Å². The minimum Gasteiger partial charge on any atom is -0.356 e. The molecule has 0 aliphatic carbocycles. The first-order valence-corrected chi connectivity index (χ1v) is 7.68. The van der Waals surface area contributed by atoms with Crippen LogP contribution in [0.3, 0.4) is 0 Å². The third kappa shape index (κ3) is 4.56. The van der Waals surface area contributed by atoms with Crippen LogP contribution in [0.5, 0.6) is 0 Å². The van der Waals surface area contributed by atoms with Gasteiger partial charge in [-0.2, -0.15) is 0 Å². The molecular weight excluding hydrogens is 290 g/mol. The molecule has 0 saturated heterocycles. The van der Waals surface area contributed by atoms with E-state index >= 15 is 0 Å². The number of nitrogens with zero attached hydrogens (tertiary/aromatic N) is 3. The Bertz CT molecular complexity index is 368. The molecule has 0 saturated carbocycles. The van der Waals surface area contributed by atoms with E-state index in [1.165, 1.54) is 6.42 Å². The zero-order chi connectivity index (χ0) is 13.5. The van der Waals surface area contributed by atoms with Crippen LogP contribution in [0.15, 0.2) is 10.7 Å². The van der Waals surface area contributed by atoms with Crippen LogP contribution in [0, 0.1) is 5.92 Å². The van der Waals surface area contributed by atoms with Crippen LogP contribution in [-0.2, 0) is 6.42 Å². The summed E-state index contributed by atoms with van der Waals surface area (Å²) < 4.78 is 0.888. The summed E-state index contributed by atoms with van der Waals surface area (Å²) in [5.41, 5.74) is 0. The van der Waals surface area contributed by atoms with E-state index in [4.69, 9.17) is 0 Å². The fourth-order valence-electron chi connectivity index (χ4n) is 1.84. The molecule has 0 spiro atoms. The normalized spacial score (nSPS) is 12.5. The SMILES string of the molecule is CCCc1nc(Br)cc(N(CC)CC(C)CC)n1. The number of rotatable bonds is 7. The van der Waals surface area contributed by atoms with Gasteiger partial charge in [0.25, 0.3) is 0 Å². The molecule has 0 fully saturated rings. The van der Waals surface area contributed by atoms with E-state index in [0.29, 0.717) is 5.92 Å². The van der Waals surface area contributed by atoms with Gasteiger partial charge in [0.05, 0.1) is 0 Å². The Kier molecular flexibility index (Phi) is 6.61. The summed E-state index contributed by atoms with van der Waals surface area (Å²) in [6.07, 6.45) is 3.21. The number of hydrogen-bond donors (Lipinski definition) is 0. The Morgan fingerprint density at radius 1 is 1.28 bits per heavy atom. The Hall–Kier alpha value is -0.640. The maximum Gasteiger partial charge on any atom is 0.133 e. The summed E-state index contributed by atoms with van der Waals surface area (Å²) in [5.74, 6) is 2.67. The first kappa shape index (κ1) is 15.4. The van der Waals surface area contributed by atoms with Crippen LogP contribution in [0.25, 0.3) is 0 Å². The number of aromatic nitrogens is 2. The molecule has 0 bridgehead atoms. The average Bonchev–Trinajstić information content (AvgIpc) is 2.35. The van der Waals surface area contributed by atoms with E-state index in [1.54, 1.807) is 0 Å². The molecule has 1 unspecified atom stereocenters. The van der Waals surface area contributed by atoms with Gasteiger partial charge in [-0.3, -0.25) is 0 Å². The molecule has 1 rings (SSSR count). The minimum atomic E-state index is 0.688. The van der Waals surface area contributed by atoms with Crippen molar-refractivity contribution in [3.05, 3.63) is 16.5 Å². The molecule has 0 aromatic carbocycles. The zero-order valence-corrected chi connectivity index (χ0v) is 13.5. The third-order valence-electron chi connectivity index (χ3n) is 3.14. The molecule has 3 nitrogen and oxygen atoms in total. The molecule has 0 radical (unpaired) electrons. The highest BCUT2D eigenvalue weighted by molar-refractivity contribution is 9.10. The molecule has 0 N–H and O–H groups in total. The number of hydrogen-bond acceptors (Lipinski definition) is 3. The van der Waals surface area contributed by atoms with E-state index in [0.717, 1.165) is 42.2 Å². The van der Waals surface area contributed by atoms with Crippen molar-refractivity contribution in [3.63, 3.8) is 0 Å². The lowest BCUT2D eigenvalue weighted by molar-refractivity contribution is 0.544. The maximum atomic E-state index is 4.67. The van der Waals surface area contributed by atoms with Crippen LogP contribution in [0.1, 0.15) is 46.4 Å². The first-order valence-electron chi connectivity index (χ1n) is 6.89. The molecule has 4 heteroatoms. The zero-order valence-electron chi connectivity index (χ0n) is 11.9. The molecule has 18 heavy (non-hydrogen) atoms. The highest BCUT2D eigenvalue weighted by Gasteiger charge is 2.12. The second kappa shape index (κ2) is 7.72. The fourth-order valence-corrected chi connectivity index (χ4v) is 2.25. The Morgan fingerprint density at radius 3 is 2.56 bits per heavy atom. The Balaban J connectivity index is 2.90. The third-order valence-corrected chi connectivity index (χ3v) is 3.54. The van der Waals surface area contributed by atoms with Gasteiger partial charge in [-0.15, -0.1) is 0 Å². The van der Waals surface area contributed by atoms with Crippen LogP contribution >= 0.6 is 15.9 Å². The minimum absolute atomic E-state index is 0.688. The molecule has 1 heterocycles. The number of aryl methyl sites for hydroxylation is 1. The van der Waals surface area contributed by atoms with Crippen LogP contribution in [-0.4, -0.2) is 23.1 Å². The van der Waals surface area contributed by atoms with Crippen molar-refractivity contribution in [1.29, 1.82) is 0 Å². The molecule has 1 aromatic heterocycles. The van der Waals surface area contributed by atoms with E-state index in [2.05, 4.69) is 58.5 Å². The summed E-state index contributed by atoms with van der Waals surface area (Å²) in [7, 11) is 0. The standard InChI is InChI=1S/C14H24BrN3/c1-5-8-13-16-12(15)9-14(17-13)18(7-3)10-11(4)6-2/h9,11H,5-8,10H2,1-4H3. The van der Waals surface area contributed by atoms with Gasteiger partial charge in [0.1, 0.15) is 16.2 Å². The quantitative estimate of drug-likeness (QED) is 0.711. The van der Waals surface area contributed by atoms with Crippen LogP contribution in [0.4, 0.5) is 5.82 Å². The average molecular weight is 314 g/mol. The van der Waals surface area contributed by atoms with Crippen molar-refractivity contribution in [2.24, 2.45) is 5.92 Å². The summed E-state index contributed by atoms with van der Waals surface area (Å²) in [4.78, 5) is 11.4. The summed E-state index contributed by atoms with van der Waals surface area (Å²) in [5, 5.41) is 0. The largest absolute Gasteiger partial charge is 0.356 e. The second-order valence-electron chi connectivity index (χ2n) is 4.77. The van der Waals surface area contributed by atoms with E-state index < -0.39 is 0 Å². The van der Waals surface area contributed by atoms with Gasteiger partial charge in [0, 0.05) is 25.6 Å². The highest BCUT2D eigenvalue weighted by atomic mass is 79.9. The molecule has 0 aliphatic rings. The lowest BCUT2D eigenvalue weighted by atomic mass is 10.1. The molecule has 0 amide bonds. The Labute approximate surface area is 119 Å². The maximum absolute atomic E-state index is 4.67. The monoisotopic (exact) mass is 313 g/mol. The lowest BCUT2D eigenvalue weighted by Crippen LogP contribution is -2.29. The van der Waals surface area contributed by atoms with E-state index in [-0.39, 0.29) is 0 Å². The van der Waals surface area contributed by atoms with Crippen LogP contribution in [0.2, 0.25) is 0 Å². The van der Waals surface area contributed by atoms with Crippen molar-refractivity contribution in [1.82, 2.24) is 9.97 Å². The van der Waals surface area contributed by atoms with Crippen molar-refractivity contribution in [2.75, 3.05) is 18.0 Å². The van der Waals surface area contributed by atoms with Gasteiger partial charge in [-0.25, -0.2) is 9.97 Å². The van der Waals surface area contributed by atoms with E-state index in [1.807, 2.05) is 6.07 Å². The van der Waals surface area contributed by atoms with Crippen LogP contribution < -0.4 is 4.90 Å². The molecule has 102 valence electrons. The smallest absolute Gasteiger partial charge is 0.133 e. The molecule has 1 aromatic rings. The lowest BCUT2D eigenvalue weighted by Gasteiger charge is -2.25. The van der Waals surface area contributed by atoms with E-state index in [9.17, 15) is 0 Å². The number of halogens is 1. The topological polar surface area (TPSA) is 29.0 Å². The fraction of sp³-hybridized carbons (Fsp3) is 0.714. The van der Waals surface area contributed by atoms with Crippen molar-refractivity contribution in [2.45, 2.75) is 47.0 Å². The highest BCUT2D eigenvalue weighted by Crippen LogP contribution is 2.19. The summed E-state index contributed by atoms with van der Waals surface area (Å²) >= 11 is 3.49. The van der Waals surface area contributed by atoms with Gasteiger partial charge >= 0.3 is 0 Å². The molecular formula is C14H24BrN3. The molecule has 0 aliphatic heterocycles. The van der Waals surface area contributed by atoms with Gasteiger partial charge in [0.2, 0.25) is 0 Å². The predicted molar refractivity (Wildman–Crippen MR) is 81.1 cm³/mol. The molecule has 1 atom stereocenters. The van der Waals surface area contributed by atoms with Gasteiger partial charge < -0.3 is 4.90 Å². The first-order chi connectivity index (χ1) is 8.60. The van der Waals surface area contributed by atoms with Crippen molar-refractivity contribution < 1.29 is 0 Å². The second-order valence-corrected chi connectivity index (χ2v) is 5.58. The van der Waals surface area contributed by atoms with Gasteiger partial charge in [-0.05, 0) is 35.2 Å².